The molecule has 2 amide bonds. The standard InChI is InChI=1S/C20H23FN2O3S/c1-13(4-9-16-3-2-10-26-16)22-19(24)17-12-27-18(20(25)23-17)11-14-5-7-15(21)8-6-14/h2-3,5-8,10,13,17-18H,4,9,11-12H2,1H3,(H,22,24)(H,23,25)/t13-,17+,18-/m1/s1. The molecule has 1 aromatic heterocycles. The van der Waals surface area contributed by atoms with Gasteiger partial charge in [0.25, 0.3) is 0 Å². The van der Waals surface area contributed by atoms with Gasteiger partial charge in [0.15, 0.2) is 0 Å². The predicted molar refractivity (Wildman–Crippen MR) is 103 cm³/mol. The Hall–Kier alpha value is -2.28. The van der Waals surface area contributed by atoms with Gasteiger partial charge in [-0.25, -0.2) is 4.39 Å². The summed E-state index contributed by atoms with van der Waals surface area (Å²) in [4.78, 5) is 24.8. The van der Waals surface area contributed by atoms with Crippen molar-refractivity contribution in [2.75, 3.05) is 5.75 Å². The molecule has 0 unspecified atom stereocenters. The molecule has 27 heavy (non-hydrogen) atoms. The minimum absolute atomic E-state index is 0.0126. The topological polar surface area (TPSA) is 71.3 Å². The van der Waals surface area contributed by atoms with E-state index in [2.05, 4.69) is 10.6 Å². The normalized spacial score (nSPS) is 20.7. The molecule has 0 saturated carbocycles. The summed E-state index contributed by atoms with van der Waals surface area (Å²) in [6.07, 6.45) is 3.67. The summed E-state index contributed by atoms with van der Waals surface area (Å²) >= 11 is 1.46. The quantitative estimate of drug-likeness (QED) is 0.763. The number of hydrogen-bond acceptors (Lipinski definition) is 4. The molecule has 0 radical (unpaired) electrons. The molecular weight excluding hydrogens is 367 g/mol. The zero-order valence-corrected chi connectivity index (χ0v) is 15.9. The maximum Gasteiger partial charge on any atom is 0.243 e. The van der Waals surface area contributed by atoms with E-state index in [-0.39, 0.29) is 28.9 Å². The van der Waals surface area contributed by atoms with Gasteiger partial charge in [0.2, 0.25) is 11.8 Å². The summed E-state index contributed by atoms with van der Waals surface area (Å²) in [5.74, 6) is 0.801. The van der Waals surface area contributed by atoms with Crippen molar-refractivity contribution in [2.24, 2.45) is 0 Å². The van der Waals surface area contributed by atoms with E-state index in [9.17, 15) is 14.0 Å². The molecule has 1 aliphatic heterocycles. The second-order valence-corrected chi connectivity index (χ2v) is 7.98. The van der Waals surface area contributed by atoms with Crippen LogP contribution in [0.25, 0.3) is 0 Å². The van der Waals surface area contributed by atoms with Gasteiger partial charge in [-0.2, -0.15) is 0 Å². The number of carbonyl (C=O) groups excluding carboxylic acids is 2. The van der Waals surface area contributed by atoms with E-state index in [0.717, 1.165) is 24.2 Å². The van der Waals surface area contributed by atoms with Crippen molar-refractivity contribution in [2.45, 2.75) is 43.5 Å². The van der Waals surface area contributed by atoms with E-state index in [1.54, 1.807) is 18.4 Å². The first-order chi connectivity index (χ1) is 13.0. The van der Waals surface area contributed by atoms with Crippen LogP contribution in [0.2, 0.25) is 0 Å². The van der Waals surface area contributed by atoms with Crippen LogP contribution in [0.4, 0.5) is 4.39 Å². The predicted octanol–water partition coefficient (Wildman–Crippen LogP) is 2.70. The van der Waals surface area contributed by atoms with Gasteiger partial charge in [-0.3, -0.25) is 9.59 Å². The number of rotatable bonds is 7. The zero-order valence-electron chi connectivity index (χ0n) is 15.1. The summed E-state index contributed by atoms with van der Waals surface area (Å²) in [6, 6.07) is 9.36. The van der Waals surface area contributed by atoms with Crippen LogP contribution in [0.1, 0.15) is 24.7 Å². The highest BCUT2D eigenvalue weighted by Gasteiger charge is 2.32. The molecule has 3 rings (SSSR count). The molecule has 2 aromatic rings. The molecule has 1 saturated heterocycles. The van der Waals surface area contributed by atoms with Gasteiger partial charge in [0.05, 0.1) is 11.5 Å². The maximum absolute atomic E-state index is 13.0. The number of halogens is 1. The zero-order chi connectivity index (χ0) is 19.2. The molecule has 1 fully saturated rings. The van der Waals surface area contributed by atoms with Crippen molar-refractivity contribution >= 4 is 23.6 Å². The van der Waals surface area contributed by atoms with E-state index in [0.29, 0.717) is 12.2 Å². The highest BCUT2D eigenvalue weighted by molar-refractivity contribution is 8.00. The average Bonchev–Trinajstić information content (AvgIpc) is 3.17. The van der Waals surface area contributed by atoms with Crippen LogP contribution in [0, 0.1) is 5.82 Å². The number of furan rings is 1. The van der Waals surface area contributed by atoms with Crippen LogP contribution in [0.3, 0.4) is 0 Å². The molecule has 1 aliphatic rings. The first kappa shape index (κ1) is 19.5. The maximum atomic E-state index is 13.0. The number of benzene rings is 1. The van der Waals surface area contributed by atoms with E-state index < -0.39 is 6.04 Å². The average molecular weight is 390 g/mol. The second kappa shape index (κ2) is 9.08. The number of thioether (sulfide) groups is 1. The van der Waals surface area contributed by atoms with Crippen molar-refractivity contribution in [3.8, 4) is 0 Å². The Labute approximate surface area is 162 Å². The lowest BCUT2D eigenvalue weighted by Gasteiger charge is -2.29. The lowest BCUT2D eigenvalue weighted by molar-refractivity contribution is -0.129. The van der Waals surface area contributed by atoms with Crippen LogP contribution >= 0.6 is 11.8 Å². The minimum atomic E-state index is -0.530. The molecule has 144 valence electrons. The molecule has 3 atom stereocenters. The van der Waals surface area contributed by atoms with Gasteiger partial charge < -0.3 is 15.1 Å². The van der Waals surface area contributed by atoms with Gasteiger partial charge in [-0.15, -0.1) is 11.8 Å². The smallest absolute Gasteiger partial charge is 0.243 e. The van der Waals surface area contributed by atoms with Crippen molar-refractivity contribution in [1.29, 1.82) is 0 Å². The SMILES string of the molecule is C[C@H](CCc1ccco1)NC(=O)[C@@H]1CS[C@H](Cc2ccc(F)cc2)C(=O)N1. The Morgan fingerprint density at radius 3 is 2.81 bits per heavy atom. The number of carbonyl (C=O) groups is 2. The third-order valence-electron chi connectivity index (χ3n) is 4.52. The highest BCUT2D eigenvalue weighted by Crippen LogP contribution is 2.22. The van der Waals surface area contributed by atoms with E-state index in [1.807, 2.05) is 19.1 Å². The largest absolute Gasteiger partial charge is 0.469 e. The molecule has 0 aliphatic carbocycles. The van der Waals surface area contributed by atoms with Crippen molar-refractivity contribution in [3.05, 3.63) is 59.8 Å². The van der Waals surface area contributed by atoms with E-state index >= 15 is 0 Å². The molecule has 1 aromatic carbocycles. The van der Waals surface area contributed by atoms with Gasteiger partial charge in [0, 0.05) is 18.2 Å². The summed E-state index contributed by atoms with van der Waals surface area (Å²) in [6.45, 7) is 1.94. The van der Waals surface area contributed by atoms with Gasteiger partial charge >= 0.3 is 0 Å². The molecule has 7 heteroatoms. The van der Waals surface area contributed by atoms with E-state index in [1.165, 1.54) is 23.9 Å². The first-order valence-corrected chi connectivity index (χ1v) is 10.1. The third-order valence-corrected chi connectivity index (χ3v) is 5.83. The molecule has 2 N–H and O–H groups in total. The lowest BCUT2D eigenvalue weighted by atomic mass is 10.1. The van der Waals surface area contributed by atoms with Crippen molar-refractivity contribution in [1.82, 2.24) is 10.6 Å². The highest BCUT2D eigenvalue weighted by atomic mass is 32.2. The number of hydrogen-bond donors (Lipinski definition) is 2. The Morgan fingerprint density at radius 1 is 1.37 bits per heavy atom. The van der Waals surface area contributed by atoms with Gasteiger partial charge in [0.1, 0.15) is 17.6 Å². The first-order valence-electron chi connectivity index (χ1n) is 9.00. The lowest BCUT2D eigenvalue weighted by Crippen LogP contribution is -2.55. The van der Waals surface area contributed by atoms with Crippen LogP contribution in [0.15, 0.2) is 47.1 Å². The number of amides is 2. The number of aryl methyl sites for hydroxylation is 1. The van der Waals surface area contributed by atoms with Gasteiger partial charge in [-0.05, 0) is 49.6 Å². The fourth-order valence-electron chi connectivity index (χ4n) is 2.95. The van der Waals surface area contributed by atoms with E-state index in [4.69, 9.17) is 4.42 Å². The van der Waals surface area contributed by atoms with Crippen LogP contribution in [-0.4, -0.2) is 34.9 Å². The molecule has 0 bridgehead atoms. The Balaban J connectivity index is 1.44. The van der Waals surface area contributed by atoms with Crippen molar-refractivity contribution in [3.63, 3.8) is 0 Å². The van der Waals surface area contributed by atoms with Gasteiger partial charge in [-0.1, -0.05) is 12.1 Å². The number of nitrogens with one attached hydrogen (secondary N) is 2. The third kappa shape index (κ3) is 5.60. The Bertz CT molecular complexity index is 764. The Kier molecular flexibility index (Phi) is 6.55. The molecule has 2 heterocycles. The van der Waals surface area contributed by atoms with Crippen LogP contribution in [-0.2, 0) is 22.4 Å². The Morgan fingerprint density at radius 2 is 2.15 bits per heavy atom. The molecule has 0 spiro atoms. The summed E-state index contributed by atoms with van der Waals surface area (Å²) in [7, 11) is 0. The monoisotopic (exact) mass is 390 g/mol. The summed E-state index contributed by atoms with van der Waals surface area (Å²) in [5, 5.41) is 5.49. The summed E-state index contributed by atoms with van der Waals surface area (Å²) in [5.41, 5.74) is 0.901. The fraction of sp³-hybridized carbons (Fsp3) is 0.400. The van der Waals surface area contributed by atoms with Crippen molar-refractivity contribution < 1.29 is 18.4 Å². The van der Waals surface area contributed by atoms with Crippen LogP contribution < -0.4 is 10.6 Å². The molecule has 5 nitrogen and oxygen atoms in total. The second-order valence-electron chi connectivity index (χ2n) is 6.74. The fourth-order valence-corrected chi connectivity index (χ4v) is 4.14. The van der Waals surface area contributed by atoms with Crippen LogP contribution in [0.5, 0.6) is 0 Å². The summed E-state index contributed by atoms with van der Waals surface area (Å²) < 4.78 is 18.3. The minimum Gasteiger partial charge on any atom is -0.469 e. The molecular formula is C20H23FN2O3S.